The number of carbonyl (C=O) groups excluding carboxylic acids is 2. The topological polar surface area (TPSA) is 43.9 Å². The first-order valence-electron chi connectivity index (χ1n) is 14.3. The molecule has 5 nitrogen and oxygen atoms in total. The number of amides is 2. The van der Waals surface area contributed by atoms with E-state index in [2.05, 4.69) is 4.90 Å². The second kappa shape index (κ2) is 12.3. The van der Waals surface area contributed by atoms with Crippen LogP contribution in [0.3, 0.4) is 0 Å². The van der Waals surface area contributed by atoms with Crippen LogP contribution in [-0.2, 0) is 11.3 Å². The summed E-state index contributed by atoms with van der Waals surface area (Å²) in [5.74, 6) is -0.299. The van der Waals surface area contributed by atoms with E-state index in [0.29, 0.717) is 39.4 Å². The van der Waals surface area contributed by atoms with Crippen LogP contribution in [0, 0.1) is 5.82 Å². The van der Waals surface area contributed by atoms with Gasteiger partial charge in [0.05, 0.1) is 4.91 Å². The predicted molar refractivity (Wildman–Crippen MR) is 165 cm³/mol. The van der Waals surface area contributed by atoms with Gasteiger partial charge in [-0.1, -0.05) is 54.8 Å². The Morgan fingerprint density at radius 1 is 0.927 bits per heavy atom. The SMILES string of the molecule is O=C(c1ccc(/C=C2\SC3CCCCC3N(Cc3ccccc3F)C2=O)cc1)N1CCN(c2ccc(Cl)cc2)CC1. The molecule has 1 saturated carbocycles. The van der Waals surface area contributed by atoms with Gasteiger partial charge in [-0.2, -0.15) is 0 Å². The number of carbonyl (C=O) groups is 2. The number of fused-ring (bicyclic) bond motifs is 1. The van der Waals surface area contributed by atoms with Crippen molar-refractivity contribution in [2.75, 3.05) is 31.1 Å². The molecule has 41 heavy (non-hydrogen) atoms. The number of benzene rings is 3. The molecule has 3 aromatic carbocycles. The Labute approximate surface area is 250 Å². The minimum absolute atomic E-state index is 0.0178. The summed E-state index contributed by atoms with van der Waals surface area (Å²) in [4.78, 5) is 33.6. The molecule has 2 unspecified atom stereocenters. The van der Waals surface area contributed by atoms with Gasteiger partial charge in [0.2, 0.25) is 0 Å². The van der Waals surface area contributed by atoms with Crippen molar-refractivity contribution in [1.29, 1.82) is 0 Å². The molecule has 2 amide bonds. The Hall–Kier alpha value is -3.29. The van der Waals surface area contributed by atoms with Crippen LogP contribution in [0.5, 0.6) is 0 Å². The fraction of sp³-hybridized carbons (Fsp3) is 0.333. The molecular weight excluding hydrogens is 557 g/mol. The standard InChI is InChI=1S/C33H33ClFN3O2S/c34-26-13-15-27(16-14-26)36-17-19-37(20-18-36)32(39)24-11-9-23(10-12-24)21-31-33(40)38(22-25-5-1-2-6-28(25)35)29-7-3-4-8-30(29)41-31/h1-2,5-6,9-16,21,29-30H,3-4,7-8,17-20,22H2/b31-21-. The summed E-state index contributed by atoms with van der Waals surface area (Å²) >= 11 is 7.68. The smallest absolute Gasteiger partial charge is 0.260 e. The molecule has 212 valence electrons. The fourth-order valence-electron chi connectivity index (χ4n) is 6.05. The summed E-state index contributed by atoms with van der Waals surface area (Å²) in [6.45, 7) is 3.12. The van der Waals surface area contributed by atoms with E-state index in [9.17, 15) is 14.0 Å². The van der Waals surface area contributed by atoms with Crippen molar-refractivity contribution in [1.82, 2.24) is 9.80 Å². The highest BCUT2D eigenvalue weighted by Gasteiger charge is 2.40. The Morgan fingerprint density at radius 3 is 2.37 bits per heavy atom. The van der Waals surface area contributed by atoms with Crippen LogP contribution < -0.4 is 4.90 Å². The van der Waals surface area contributed by atoms with Crippen LogP contribution in [0.1, 0.15) is 47.2 Å². The summed E-state index contributed by atoms with van der Waals surface area (Å²) in [5, 5.41) is 1.03. The fourth-order valence-corrected chi connectivity index (χ4v) is 7.65. The predicted octanol–water partition coefficient (Wildman–Crippen LogP) is 6.87. The van der Waals surface area contributed by atoms with E-state index in [1.54, 1.807) is 23.9 Å². The molecular formula is C33H33ClFN3O2S. The molecule has 2 saturated heterocycles. The Balaban J connectivity index is 1.13. The first-order chi connectivity index (χ1) is 20.0. The van der Waals surface area contributed by atoms with Gasteiger partial charge in [0.1, 0.15) is 5.82 Å². The lowest BCUT2D eigenvalue weighted by Gasteiger charge is -2.44. The molecule has 0 N–H and O–H groups in total. The van der Waals surface area contributed by atoms with Crippen LogP contribution in [0.2, 0.25) is 5.02 Å². The normalized spacial score (nSPS) is 22.1. The lowest BCUT2D eigenvalue weighted by molar-refractivity contribution is -0.130. The summed E-state index contributed by atoms with van der Waals surface area (Å²) in [7, 11) is 0. The molecule has 3 fully saturated rings. The molecule has 0 spiro atoms. The van der Waals surface area contributed by atoms with E-state index in [4.69, 9.17) is 11.6 Å². The largest absolute Gasteiger partial charge is 0.368 e. The number of anilines is 1. The van der Waals surface area contributed by atoms with E-state index < -0.39 is 0 Å². The summed E-state index contributed by atoms with van der Waals surface area (Å²) in [6.07, 6.45) is 6.16. The molecule has 0 bridgehead atoms. The molecule has 3 aliphatic rings. The number of rotatable bonds is 5. The Morgan fingerprint density at radius 2 is 1.63 bits per heavy atom. The van der Waals surface area contributed by atoms with E-state index >= 15 is 0 Å². The monoisotopic (exact) mass is 589 g/mol. The van der Waals surface area contributed by atoms with E-state index in [1.165, 1.54) is 6.07 Å². The van der Waals surface area contributed by atoms with Crippen LogP contribution in [0.4, 0.5) is 10.1 Å². The minimum Gasteiger partial charge on any atom is -0.368 e. The third-order valence-electron chi connectivity index (χ3n) is 8.33. The molecule has 6 rings (SSSR count). The highest BCUT2D eigenvalue weighted by molar-refractivity contribution is 8.04. The van der Waals surface area contributed by atoms with Gasteiger partial charge in [0.25, 0.3) is 11.8 Å². The number of nitrogens with zero attached hydrogens (tertiary/aromatic N) is 3. The zero-order chi connectivity index (χ0) is 28.3. The first-order valence-corrected chi connectivity index (χ1v) is 15.5. The summed E-state index contributed by atoms with van der Waals surface area (Å²) < 4.78 is 14.5. The average Bonchev–Trinajstić information content (AvgIpc) is 3.01. The second-order valence-corrected chi connectivity index (χ2v) is 12.6. The summed E-state index contributed by atoms with van der Waals surface area (Å²) in [6, 6.07) is 22.1. The molecule has 0 aromatic heterocycles. The van der Waals surface area contributed by atoms with Crippen LogP contribution in [-0.4, -0.2) is 59.1 Å². The third kappa shape index (κ3) is 6.16. The average molecular weight is 590 g/mol. The third-order valence-corrected chi connectivity index (χ3v) is 9.98. The van der Waals surface area contributed by atoms with Gasteiger partial charge in [-0.05, 0) is 66.9 Å². The van der Waals surface area contributed by atoms with Gasteiger partial charge in [-0.3, -0.25) is 9.59 Å². The van der Waals surface area contributed by atoms with Crippen LogP contribution in [0.15, 0.2) is 77.7 Å². The van der Waals surface area contributed by atoms with Crippen LogP contribution >= 0.6 is 23.4 Å². The van der Waals surface area contributed by atoms with Crippen molar-refractivity contribution >= 4 is 46.9 Å². The van der Waals surface area contributed by atoms with Crippen LogP contribution in [0.25, 0.3) is 6.08 Å². The van der Waals surface area contributed by atoms with Gasteiger partial charge in [-0.15, -0.1) is 11.8 Å². The van der Waals surface area contributed by atoms with Gasteiger partial charge in [-0.25, -0.2) is 4.39 Å². The van der Waals surface area contributed by atoms with Gasteiger partial charge < -0.3 is 14.7 Å². The summed E-state index contributed by atoms with van der Waals surface area (Å²) in [5.41, 5.74) is 3.18. The Kier molecular flexibility index (Phi) is 8.35. The highest BCUT2D eigenvalue weighted by Crippen LogP contribution is 2.43. The zero-order valence-corrected chi connectivity index (χ0v) is 24.4. The number of hydrogen-bond acceptors (Lipinski definition) is 4. The maximum atomic E-state index is 14.5. The second-order valence-electron chi connectivity index (χ2n) is 10.9. The highest BCUT2D eigenvalue weighted by atomic mass is 35.5. The molecule has 1 aliphatic carbocycles. The molecule has 2 aliphatic heterocycles. The Bertz CT molecular complexity index is 1440. The van der Waals surface area contributed by atoms with Gasteiger partial charge in [0.15, 0.2) is 0 Å². The van der Waals surface area contributed by atoms with E-state index in [1.807, 2.05) is 70.5 Å². The number of piperazine rings is 1. The van der Waals surface area contributed by atoms with Crippen molar-refractivity contribution < 1.29 is 14.0 Å². The number of hydrogen-bond donors (Lipinski definition) is 0. The lowest BCUT2D eigenvalue weighted by Crippen LogP contribution is -2.50. The molecule has 2 heterocycles. The van der Waals surface area contributed by atoms with Crippen molar-refractivity contribution in [3.63, 3.8) is 0 Å². The molecule has 2 atom stereocenters. The van der Waals surface area contributed by atoms with Gasteiger partial charge >= 0.3 is 0 Å². The van der Waals surface area contributed by atoms with Crippen molar-refractivity contribution in [3.8, 4) is 0 Å². The molecule has 0 radical (unpaired) electrons. The van der Waals surface area contributed by atoms with Crippen molar-refractivity contribution in [2.45, 2.75) is 43.5 Å². The number of thioether (sulfide) groups is 1. The maximum Gasteiger partial charge on any atom is 0.260 e. The maximum absolute atomic E-state index is 14.5. The van der Waals surface area contributed by atoms with Crippen molar-refractivity contribution in [3.05, 3.63) is 105 Å². The van der Waals surface area contributed by atoms with E-state index in [0.717, 1.165) is 50.0 Å². The van der Waals surface area contributed by atoms with Crippen molar-refractivity contribution in [2.24, 2.45) is 0 Å². The molecule has 8 heteroatoms. The molecule has 3 aromatic rings. The quantitative estimate of drug-likeness (QED) is 0.305. The minimum atomic E-state index is -0.275. The van der Waals surface area contributed by atoms with E-state index in [-0.39, 0.29) is 30.2 Å². The first kappa shape index (κ1) is 27.9. The zero-order valence-electron chi connectivity index (χ0n) is 22.8. The van der Waals surface area contributed by atoms with Gasteiger partial charge in [0, 0.05) is 65.9 Å². The number of halogens is 2. The lowest BCUT2D eigenvalue weighted by atomic mass is 9.92.